The van der Waals surface area contributed by atoms with Crippen LogP contribution in [0.3, 0.4) is 0 Å². The maximum atomic E-state index is 10.9. The van der Waals surface area contributed by atoms with E-state index in [2.05, 4.69) is 4.74 Å². The van der Waals surface area contributed by atoms with Crippen molar-refractivity contribution in [2.75, 3.05) is 0 Å². The maximum Gasteiger partial charge on any atom is 0.338 e. The zero-order valence-electron chi connectivity index (χ0n) is 8.41. The summed E-state index contributed by atoms with van der Waals surface area (Å²) in [6.07, 6.45) is -6.06. The van der Waals surface area contributed by atoms with E-state index in [1.54, 1.807) is 13.8 Å². The van der Waals surface area contributed by atoms with Gasteiger partial charge in [-0.25, -0.2) is 4.79 Å². The largest absolute Gasteiger partial charge is 0.509 e. The predicted molar refractivity (Wildman–Crippen MR) is 48.9 cm³/mol. The second-order valence-electron chi connectivity index (χ2n) is 3.67. The highest BCUT2D eigenvalue weighted by atomic mass is 16.6. The summed E-state index contributed by atoms with van der Waals surface area (Å²) in [7, 11) is 0. The van der Waals surface area contributed by atoms with E-state index in [-0.39, 0.29) is 5.76 Å². The number of hydrogen-bond donors (Lipinski definition) is 4. The molecule has 1 heterocycles. The first-order valence-corrected chi connectivity index (χ1v) is 4.47. The van der Waals surface area contributed by atoms with Crippen molar-refractivity contribution in [1.29, 1.82) is 0 Å². The van der Waals surface area contributed by atoms with Crippen LogP contribution in [0.1, 0.15) is 13.8 Å². The van der Waals surface area contributed by atoms with E-state index in [9.17, 15) is 20.1 Å². The molecule has 0 spiro atoms. The van der Waals surface area contributed by atoms with Crippen molar-refractivity contribution < 1.29 is 30.0 Å². The van der Waals surface area contributed by atoms with Gasteiger partial charge < -0.3 is 25.2 Å². The van der Waals surface area contributed by atoms with E-state index in [1.807, 2.05) is 0 Å². The lowest BCUT2D eigenvalue weighted by Crippen LogP contribution is -2.39. The molecule has 0 bridgehead atoms. The Labute approximate surface area is 86.4 Å². The Kier molecular flexibility index (Phi) is 3.33. The molecule has 1 aliphatic heterocycles. The van der Waals surface area contributed by atoms with Crippen molar-refractivity contribution in [3.63, 3.8) is 0 Å². The third kappa shape index (κ3) is 2.11. The number of aliphatic hydroxyl groups is 4. The third-order valence-electron chi connectivity index (χ3n) is 2.26. The van der Waals surface area contributed by atoms with Gasteiger partial charge in [-0.05, 0) is 19.4 Å². The number of allylic oxidation sites excluding steroid dienone is 1. The summed E-state index contributed by atoms with van der Waals surface area (Å²) in [6.45, 7) is 3.11. The summed E-state index contributed by atoms with van der Waals surface area (Å²) in [5.74, 6) is -1.38. The number of rotatable bonds is 2. The number of ether oxygens (including phenoxy) is 1. The van der Waals surface area contributed by atoms with Crippen molar-refractivity contribution >= 4 is 5.97 Å². The molecule has 6 heteroatoms. The van der Waals surface area contributed by atoms with Crippen molar-refractivity contribution in [2.24, 2.45) is 0 Å². The van der Waals surface area contributed by atoms with Gasteiger partial charge in [0.05, 0.1) is 0 Å². The normalized spacial score (nSPS) is 32.3. The minimum absolute atomic E-state index is 0.374. The molecular weight excluding hydrogens is 204 g/mol. The molecule has 0 aromatic rings. The van der Waals surface area contributed by atoms with Gasteiger partial charge in [-0.1, -0.05) is 0 Å². The Morgan fingerprint density at radius 3 is 2.27 bits per heavy atom. The van der Waals surface area contributed by atoms with Gasteiger partial charge >= 0.3 is 5.97 Å². The van der Waals surface area contributed by atoms with E-state index in [4.69, 9.17) is 5.11 Å². The highest BCUT2D eigenvalue weighted by Gasteiger charge is 2.47. The van der Waals surface area contributed by atoms with Gasteiger partial charge in [0.1, 0.15) is 11.9 Å². The monoisotopic (exact) mass is 218 g/mol. The molecule has 1 fully saturated rings. The van der Waals surface area contributed by atoms with Crippen LogP contribution in [-0.2, 0) is 9.53 Å². The minimum atomic E-state index is -1.67. The summed E-state index contributed by atoms with van der Waals surface area (Å²) in [4.78, 5) is 10.9. The average molecular weight is 218 g/mol. The Morgan fingerprint density at radius 1 is 1.40 bits per heavy atom. The fourth-order valence-electron chi connectivity index (χ4n) is 1.30. The van der Waals surface area contributed by atoms with Gasteiger partial charge in [0.25, 0.3) is 0 Å². The number of hydrogen-bond acceptors (Lipinski definition) is 6. The molecule has 1 aliphatic rings. The predicted octanol–water partition coefficient (Wildman–Crippen LogP) is -1.15. The standard InChI is InChI=1S/C9H14O6/c1-3(2)4(10)5(11)8-6(12)7(13)9(14)15-8/h5-8,10-13H,1-2H3/t5-,6+,7-,8+/m1/s1. The van der Waals surface area contributed by atoms with Crippen LogP contribution in [0.25, 0.3) is 0 Å². The summed E-state index contributed by atoms with van der Waals surface area (Å²) in [5, 5.41) is 37.3. The molecule has 6 nitrogen and oxygen atoms in total. The zero-order valence-corrected chi connectivity index (χ0v) is 8.41. The van der Waals surface area contributed by atoms with Gasteiger partial charge in [-0.15, -0.1) is 0 Å². The number of carbonyl (C=O) groups is 1. The Bertz CT molecular complexity index is 293. The van der Waals surface area contributed by atoms with Gasteiger partial charge in [-0.3, -0.25) is 0 Å². The summed E-state index contributed by atoms with van der Waals surface area (Å²) in [6, 6.07) is 0. The lowest BCUT2D eigenvalue weighted by molar-refractivity contribution is -0.150. The van der Waals surface area contributed by atoms with Gasteiger partial charge in [0.15, 0.2) is 18.3 Å². The molecule has 1 rings (SSSR count). The fourth-order valence-corrected chi connectivity index (χ4v) is 1.30. The number of cyclic esters (lactones) is 1. The second-order valence-corrected chi connectivity index (χ2v) is 3.67. The SMILES string of the molecule is CC(C)=C(O)[C@@H](O)[C@@H]1OC(=O)[C@H](O)[C@@H]1O. The molecule has 0 radical (unpaired) electrons. The number of carbonyl (C=O) groups excluding carboxylic acids is 1. The molecule has 0 aromatic heterocycles. The van der Waals surface area contributed by atoms with E-state index < -0.39 is 30.4 Å². The topological polar surface area (TPSA) is 107 Å². The third-order valence-corrected chi connectivity index (χ3v) is 2.26. The lowest BCUT2D eigenvalue weighted by Gasteiger charge is -2.20. The van der Waals surface area contributed by atoms with Crippen molar-refractivity contribution in [2.45, 2.75) is 38.3 Å². The Morgan fingerprint density at radius 2 is 1.93 bits per heavy atom. The van der Waals surface area contributed by atoms with Gasteiger partial charge in [0, 0.05) is 0 Å². The molecule has 4 atom stereocenters. The van der Waals surface area contributed by atoms with Crippen LogP contribution in [0.2, 0.25) is 0 Å². The van der Waals surface area contributed by atoms with E-state index >= 15 is 0 Å². The highest BCUT2D eigenvalue weighted by molar-refractivity contribution is 5.77. The highest BCUT2D eigenvalue weighted by Crippen LogP contribution is 2.22. The molecular formula is C9H14O6. The van der Waals surface area contributed by atoms with E-state index in [0.29, 0.717) is 5.57 Å². The molecule has 4 N–H and O–H groups in total. The van der Waals surface area contributed by atoms with Crippen LogP contribution >= 0.6 is 0 Å². The van der Waals surface area contributed by atoms with E-state index in [1.165, 1.54) is 0 Å². The van der Waals surface area contributed by atoms with Crippen LogP contribution in [0.5, 0.6) is 0 Å². The number of aliphatic hydroxyl groups excluding tert-OH is 4. The molecule has 15 heavy (non-hydrogen) atoms. The zero-order chi connectivity index (χ0) is 11.7. The van der Waals surface area contributed by atoms with E-state index in [0.717, 1.165) is 0 Å². The summed E-state index contributed by atoms with van der Waals surface area (Å²) in [5.41, 5.74) is 0.437. The van der Waals surface area contributed by atoms with Crippen molar-refractivity contribution in [3.05, 3.63) is 11.3 Å². The molecule has 86 valence electrons. The lowest BCUT2D eigenvalue weighted by atomic mass is 10.0. The molecule has 0 saturated carbocycles. The van der Waals surface area contributed by atoms with Crippen LogP contribution < -0.4 is 0 Å². The Hall–Kier alpha value is -1.11. The maximum absolute atomic E-state index is 10.9. The quantitative estimate of drug-likeness (QED) is 0.344. The molecule has 0 aromatic carbocycles. The fraction of sp³-hybridized carbons (Fsp3) is 0.667. The summed E-state index contributed by atoms with van der Waals surface area (Å²) >= 11 is 0. The first-order chi connectivity index (χ1) is 6.86. The average Bonchev–Trinajstić information content (AvgIpc) is 2.43. The Balaban J connectivity index is 2.83. The minimum Gasteiger partial charge on any atom is -0.509 e. The first kappa shape index (κ1) is 12.0. The first-order valence-electron chi connectivity index (χ1n) is 4.47. The van der Waals surface area contributed by atoms with Crippen molar-refractivity contribution in [1.82, 2.24) is 0 Å². The van der Waals surface area contributed by atoms with Crippen LogP contribution in [0.15, 0.2) is 11.3 Å². The van der Waals surface area contributed by atoms with Crippen molar-refractivity contribution in [3.8, 4) is 0 Å². The molecule has 1 saturated heterocycles. The summed E-state index contributed by atoms with van der Waals surface area (Å²) < 4.78 is 4.54. The second kappa shape index (κ2) is 4.18. The van der Waals surface area contributed by atoms with Gasteiger partial charge in [0.2, 0.25) is 0 Å². The molecule has 0 aliphatic carbocycles. The number of esters is 1. The van der Waals surface area contributed by atoms with Crippen LogP contribution in [-0.4, -0.2) is 50.8 Å². The smallest absolute Gasteiger partial charge is 0.338 e. The van der Waals surface area contributed by atoms with Crippen LogP contribution in [0.4, 0.5) is 0 Å². The molecule has 0 amide bonds. The molecule has 0 unspecified atom stereocenters. The van der Waals surface area contributed by atoms with Crippen LogP contribution in [0, 0.1) is 0 Å². The van der Waals surface area contributed by atoms with Gasteiger partial charge in [-0.2, -0.15) is 0 Å².